The van der Waals surface area contributed by atoms with E-state index in [0.29, 0.717) is 30.7 Å². The first-order chi connectivity index (χ1) is 16.9. The highest BCUT2D eigenvalue weighted by Gasteiger charge is 2.18. The molecule has 0 saturated carbocycles. The SMILES string of the molecule is Cn1nccc1-c1cc(NC(=O)c2ccc(F)cc2F)ccc1OCCN1CCN(CC=O)CC1. The Morgan fingerprint density at radius 1 is 1.09 bits per heavy atom. The minimum atomic E-state index is -0.929. The van der Waals surface area contributed by atoms with Crippen molar-refractivity contribution < 1.29 is 23.1 Å². The number of piperazine rings is 1. The van der Waals surface area contributed by atoms with E-state index in [9.17, 15) is 18.4 Å². The third-order valence-corrected chi connectivity index (χ3v) is 5.97. The third kappa shape index (κ3) is 6.09. The van der Waals surface area contributed by atoms with Gasteiger partial charge < -0.3 is 14.8 Å². The van der Waals surface area contributed by atoms with Gasteiger partial charge in [-0.25, -0.2) is 8.78 Å². The number of hydrogen-bond acceptors (Lipinski definition) is 6. The number of benzene rings is 2. The maximum absolute atomic E-state index is 14.0. The number of aldehydes is 1. The predicted octanol–water partition coefficient (Wildman–Crippen LogP) is 2.81. The fourth-order valence-electron chi connectivity index (χ4n) is 4.03. The van der Waals surface area contributed by atoms with E-state index in [-0.39, 0.29) is 5.56 Å². The summed E-state index contributed by atoms with van der Waals surface area (Å²) in [6, 6.07) is 9.82. The van der Waals surface area contributed by atoms with Crippen molar-refractivity contribution in [3.8, 4) is 17.0 Å². The standard InChI is InChI=1S/C25H27F2N5O3/c1-30-23(6-7-28-30)21-17-19(29-25(34)20-4-2-18(26)16-22(20)27)3-5-24(21)35-15-13-32-10-8-31(9-11-32)12-14-33/h2-7,14,16-17H,8-13,15H2,1H3,(H,29,34). The van der Waals surface area contributed by atoms with Crippen LogP contribution in [0.25, 0.3) is 11.3 Å². The van der Waals surface area contributed by atoms with Crippen LogP contribution in [0.4, 0.5) is 14.5 Å². The van der Waals surface area contributed by atoms with Crippen LogP contribution in [0.5, 0.6) is 5.75 Å². The maximum Gasteiger partial charge on any atom is 0.258 e. The number of amides is 1. The number of carbonyl (C=O) groups is 2. The van der Waals surface area contributed by atoms with E-state index in [1.165, 1.54) is 0 Å². The van der Waals surface area contributed by atoms with Crippen LogP contribution in [0, 0.1) is 11.6 Å². The highest BCUT2D eigenvalue weighted by atomic mass is 19.1. The molecular formula is C25H27F2N5O3. The summed E-state index contributed by atoms with van der Waals surface area (Å²) >= 11 is 0. The van der Waals surface area contributed by atoms with Crippen molar-refractivity contribution in [1.82, 2.24) is 19.6 Å². The van der Waals surface area contributed by atoms with Crippen molar-refractivity contribution >= 4 is 17.9 Å². The Hall–Kier alpha value is -3.63. The first kappa shape index (κ1) is 24.5. The van der Waals surface area contributed by atoms with Crippen molar-refractivity contribution in [2.45, 2.75) is 0 Å². The van der Waals surface area contributed by atoms with E-state index in [2.05, 4.69) is 20.2 Å². The summed E-state index contributed by atoms with van der Waals surface area (Å²) in [7, 11) is 1.80. The number of nitrogens with zero attached hydrogens (tertiary/aromatic N) is 4. The van der Waals surface area contributed by atoms with Crippen molar-refractivity contribution in [3.63, 3.8) is 0 Å². The fraction of sp³-hybridized carbons (Fsp3) is 0.320. The molecule has 0 unspecified atom stereocenters. The second kappa shape index (κ2) is 11.2. The summed E-state index contributed by atoms with van der Waals surface area (Å²) < 4.78 is 35.0. The van der Waals surface area contributed by atoms with E-state index in [1.807, 2.05) is 6.07 Å². The quantitative estimate of drug-likeness (QED) is 0.472. The lowest BCUT2D eigenvalue weighted by Gasteiger charge is -2.33. The van der Waals surface area contributed by atoms with Gasteiger partial charge in [0.15, 0.2) is 0 Å². The van der Waals surface area contributed by atoms with Crippen LogP contribution < -0.4 is 10.1 Å². The van der Waals surface area contributed by atoms with Gasteiger partial charge in [0.2, 0.25) is 0 Å². The Labute approximate surface area is 202 Å². The molecule has 1 aromatic heterocycles. The average Bonchev–Trinajstić information content (AvgIpc) is 3.26. The number of hydrogen-bond donors (Lipinski definition) is 1. The van der Waals surface area contributed by atoms with E-state index in [4.69, 9.17) is 4.74 Å². The zero-order valence-corrected chi connectivity index (χ0v) is 19.4. The maximum atomic E-state index is 14.0. The fourth-order valence-corrected chi connectivity index (χ4v) is 4.03. The van der Waals surface area contributed by atoms with Crippen molar-refractivity contribution in [3.05, 3.63) is 65.9 Å². The summed E-state index contributed by atoms with van der Waals surface area (Å²) in [5, 5.41) is 6.88. The second-order valence-corrected chi connectivity index (χ2v) is 8.29. The summed E-state index contributed by atoms with van der Waals surface area (Å²) in [5.41, 5.74) is 1.69. The Bertz CT molecular complexity index is 1190. The molecule has 0 spiro atoms. The second-order valence-electron chi connectivity index (χ2n) is 8.29. The normalized spacial score (nSPS) is 14.6. The van der Waals surface area contributed by atoms with Gasteiger partial charge in [0.05, 0.1) is 17.8 Å². The number of ether oxygens (including phenoxy) is 1. The van der Waals surface area contributed by atoms with Gasteiger partial charge in [-0.1, -0.05) is 0 Å². The van der Waals surface area contributed by atoms with Gasteiger partial charge in [0.1, 0.15) is 30.3 Å². The molecule has 0 radical (unpaired) electrons. The minimum Gasteiger partial charge on any atom is -0.492 e. The number of rotatable bonds is 9. The van der Waals surface area contributed by atoms with Crippen LogP contribution in [0.2, 0.25) is 0 Å². The monoisotopic (exact) mass is 483 g/mol. The lowest BCUT2D eigenvalue weighted by Crippen LogP contribution is -2.47. The molecule has 1 N–H and O–H groups in total. The van der Waals surface area contributed by atoms with Gasteiger partial charge in [0.25, 0.3) is 5.91 Å². The lowest BCUT2D eigenvalue weighted by molar-refractivity contribution is -0.109. The molecule has 3 aromatic rings. The van der Waals surface area contributed by atoms with Crippen LogP contribution in [0.1, 0.15) is 10.4 Å². The van der Waals surface area contributed by atoms with E-state index >= 15 is 0 Å². The van der Waals surface area contributed by atoms with E-state index in [1.54, 1.807) is 36.1 Å². The summed E-state index contributed by atoms with van der Waals surface area (Å²) in [5.74, 6) is -1.73. The number of aryl methyl sites for hydroxylation is 1. The number of carbonyl (C=O) groups excluding carboxylic acids is 2. The topological polar surface area (TPSA) is 79.7 Å². The largest absolute Gasteiger partial charge is 0.492 e. The Morgan fingerprint density at radius 3 is 2.54 bits per heavy atom. The lowest BCUT2D eigenvalue weighted by atomic mass is 10.1. The number of aromatic nitrogens is 2. The van der Waals surface area contributed by atoms with Gasteiger partial charge in [-0.2, -0.15) is 5.10 Å². The molecule has 1 aliphatic heterocycles. The van der Waals surface area contributed by atoms with Crippen LogP contribution in [-0.2, 0) is 11.8 Å². The minimum absolute atomic E-state index is 0.248. The molecule has 0 aliphatic carbocycles. The van der Waals surface area contributed by atoms with Crippen molar-refractivity contribution in [1.29, 1.82) is 0 Å². The molecule has 10 heteroatoms. The van der Waals surface area contributed by atoms with Crippen LogP contribution in [0.3, 0.4) is 0 Å². The Balaban J connectivity index is 1.45. The average molecular weight is 484 g/mol. The zero-order valence-electron chi connectivity index (χ0n) is 19.4. The summed E-state index contributed by atoms with van der Waals surface area (Å²) in [6.45, 7) is 5.11. The molecule has 8 nitrogen and oxygen atoms in total. The number of nitrogens with one attached hydrogen (secondary N) is 1. The summed E-state index contributed by atoms with van der Waals surface area (Å²) in [4.78, 5) is 27.7. The third-order valence-electron chi connectivity index (χ3n) is 5.97. The molecular weight excluding hydrogens is 456 g/mol. The molecule has 1 aliphatic rings. The molecule has 4 rings (SSSR count). The van der Waals surface area contributed by atoms with Crippen molar-refractivity contribution in [2.24, 2.45) is 7.05 Å². The molecule has 1 saturated heterocycles. The van der Waals surface area contributed by atoms with E-state index < -0.39 is 17.5 Å². The molecule has 1 amide bonds. The highest BCUT2D eigenvalue weighted by molar-refractivity contribution is 6.04. The van der Waals surface area contributed by atoms with Gasteiger partial charge >= 0.3 is 0 Å². The molecule has 184 valence electrons. The predicted molar refractivity (Wildman–Crippen MR) is 127 cm³/mol. The Kier molecular flexibility index (Phi) is 7.84. The molecule has 2 aromatic carbocycles. The van der Waals surface area contributed by atoms with Crippen molar-refractivity contribution in [2.75, 3.05) is 51.2 Å². The molecule has 2 heterocycles. The van der Waals surface area contributed by atoms with E-state index in [0.717, 1.165) is 62.4 Å². The van der Waals surface area contributed by atoms with Crippen LogP contribution in [0.15, 0.2) is 48.7 Å². The van der Waals surface area contributed by atoms with Gasteiger partial charge in [-0.05, 0) is 36.4 Å². The number of anilines is 1. The first-order valence-corrected chi connectivity index (χ1v) is 11.3. The first-order valence-electron chi connectivity index (χ1n) is 11.3. The molecule has 0 bridgehead atoms. The molecule has 0 atom stereocenters. The number of halogens is 2. The van der Waals surface area contributed by atoms with Gasteiger partial charge in [0, 0.05) is 63.3 Å². The molecule has 1 fully saturated rings. The molecule has 35 heavy (non-hydrogen) atoms. The van der Waals surface area contributed by atoms with Crippen LogP contribution >= 0.6 is 0 Å². The highest BCUT2D eigenvalue weighted by Crippen LogP contribution is 2.32. The zero-order chi connectivity index (χ0) is 24.8. The summed E-state index contributed by atoms with van der Waals surface area (Å²) in [6.07, 6.45) is 2.60. The Morgan fingerprint density at radius 2 is 1.86 bits per heavy atom. The smallest absolute Gasteiger partial charge is 0.258 e. The van der Waals surface area contributed by atoms with Crippen LogP contribution in [-0.4, -0.2) is 77.6 Å². The van der Waals surface area contributed by atoms with Gasteiger partial charge in [-0.3, -0.25) is 19.3 Å². The van der Waals surface area contributed by atoms with Gasteiger partial charge in [-0.15, -0.1) is 0 Å².